The second kappa shape index (κ2) is 13.5. The number of rotatable bonds is 5. The van der Waals surface area contributed by atoms with Gasteiger partial charge in [-0.1, -0.05) is 145 Å². The molecule has 1 unspecified atom stereocenters. The first-order valence-corrected chi connectivity index (χ1v) is 23.5. The van der Waals surface area contributed by atoms with Crippen molar-refractivity contribution in [1.29, 1.82) is 0 Å². The largest absolute Gasteiger partial charge is 0.310 e. The van der Waals surface area contributed by atoms with Crippen molar-refractivity contribution in [3.63, 3.8) is 0 Å². The second-order valence-corrected chi connectivity index (χ2v) is 19.9. The first-order valence-electron chi connectivity index (χ1n) is 20.2. The van der Waals surface area contributed by atoms with E-state index in [0.29, 0.717) is 0 Å². The number of hydrogen-bond acceptors (Lipinski definition) is 5. The maximum absolute atomic E-state index is 2.50. The van der Waals surface area contributed by atoms with Gasteiger partial charge in [0.2, 0.25) is 0 Å². The van der Waals surface area contributed by atoms with Crippen molar-refractivity contribution >= 4 is 104 Å². The number of nitrogens with zero attached hydrogens (tertiary/aromatic N) is 1. The van der Waals surface area contributed by atoms with Gasteiger partial charge in [-0.05, 0) is 107 Å². The van der Waals surface area contributed by atoms with Crippen molar-refractivity contribution in [2.75, 3.05) is 4.90 Å². The molecule has 11 aromatic rings. The third-order valence-corrected chi connectivity index (χ3v) is 17.3. The minimum absolute atomic E-state index is 0.549. The molecule has 0 N–H and O–H groups in total. The summed E-state index contributed by atoms with van der Waals surface area (Å²) in [5.41, 5.74) is 10.8. The van der Waals surface area contributed by atoms with Gasteiger partial charge in [-0.2, -0.15) is 0 Å². The highest BCUT2D eigenvalue weighted by Gasteiger charge is 2.48. The van der Waals surface area contributed by atoms with Gasteiger partial charge < -0.3 is 4.90 Å². The Morgan fingerprint density at radius 2 is 0.950 bits per heavy atom. The van der Waals surface area contributed by atoms with Crippen LogP contribution >= 0.6 is 46.2 Å². The minimum atomic E-state index is -0.549. The summed E-state index contributed by atoms with van der Waals surface area (Å²) < 4.78 is 5.26. The fourth-order valence-corrected chi connectivity index (χ4v) is 14.5. The zero-order valence-electron chi connectivity index (χ0n) is 32.1. The Bertz CT molecular complexity index is 3510. The lowest BCUT2D eigenvalue weighted by atomic mass is 9.67. The van der Waals surface area contributed by atoms with Crippen LogP contribution in [-0.2, 0) is 5.41 Å². The highest BCUT2D eigenvalue weighted by atomic mass is 32.2. The molecule has 3 heterocycles. The summed E-state index contributed by atoms with van der Waals surface area (Å²) in [6.07, 6.45) is 0. The van der Waals surface area contributed by atoms with Crippen molar-refractivity contribution in [1.82, 2.24) is 0 Å². The highest BCUT2D eigenvalue weighted by Crippen LogP contribution is 2.62. The molecule has 0 fully saturated rings. The second-order valence-electron chi connectivity index (χ2n) is 15.6. The molecule has 2 aliphatic rings. The number of thiophene rings is 2. The van der Waals surface area contributed by atoms with Crippen LogP contribution in [0.15, 0.2) is 220 Å². The van der Waals surface area contributed by atoms with Crippen LogP contribution in [0.2, 0.25) is 0 Å². The first kappa shape index (κ1) is 34.8. The average Bonchev–Trinajstić information content (AvgIpc) is 3.97. The molecule has 1 aliphatic carbocycles. The summed E-state index contributed by atoms with van der Waals surface area (Å²) in [6, 6.07) is 75.0. The van der Waals surface area contributed by atoms with Crippen molar-refractivity contribution < 1.29 is 0 Å². The zero-order valence-corrected chi connectivity index (χ0v) is 35.4. The predicted molar refractivity (Wildman–Crippen MR) is 259 cm³/mol. The molecular weight excluding hydrogens is 803 g/mol. The van der Waals surface area contributed by atoms with Gasteiger partial charge in [0, 0.05) is 82.6 Å². The summed E-state index contributed by atoms with van der Waals surface area (Å²) in [5, 5.41) is 5.26. The third kappa shape index (κ3) is 5.07. The topological polar surface area (TPSA) is 3.24 Å². The van der Waals surface area contributed by atoms with Crippen molar-refractivity contribution in [2.45, 2.75) is 25.0 Å². The van der Waals surface area contributed by atoms with E-state index in [1.54, 1.807) is 0 Å². The van der Waals surface area contributed by atoms with Gasteiger partial charge in [0.25, 0.3) is 0 Å². The molecule has 0 amide bonds. The summed E-state index contributed by atoms with van der Waals surface area (Å²) in [6.45, 7) is 0. The Kier molecular flexibility index (Phi) is 7.80. The minimum Gasteiger partial charge on any atom is -0.310 e. The summed E-state index contributed by atoms with van der Waals surface area (Å²) in [4.78, 5) is 7.74. The maximum Gasteiger partial charge on any atom is 0.0714 e. The quantitative estimate of drug-likeness (QED) is 0.170. The molecule has 1 nitrogen and oxygen atoms in total. The van der Waals surface area contributed by atoms with Gasteiger partial charge >= 0.3 is 0 Å². The van der Waals surface area contributed by atoms with Crippen molar-refractivity contribution in [3.8, 4) is 11.1 Å². The fourth-order valence-electron chi connectivity index (χ4n) is 9.83. The molecular formula is C55H33NS4. The van der Waals surface area contributed by atoms with Gasteiger partial charge in [-0.25, -0.2) is 0 Å². The molecule has 5 heteroatoms. The number of anilines is 3. The molecule has 1 atom stereocenters. The number of hydrogen-bond donors (Lipinski definition) is 0. The molecule has 282 valence electrons. The van der Waals surface area contributed by atoms with Crippen LogP contribution < -0.4 is 4.90 Å². The van der Waals surface area contributed by atoms with Crippen molar-refractivity contribution in [2.24, 2.45) is 0 Å². The molecule has 9 aromatic carbocycles. The Labute approximate surface area is 364 Å². The third-order valence-electron chi connectivity index (χ3n) is 12.4. The summed E-state index contributed by atoms with van der Waals surface area (Å²) in [7, 11) is 0. The van der Waals surface area contributed by atoms with Crippen LogP contribution in [-0.4, -0.2) is 0 Å². The smallest absolute Gasteiger partial charge is 0.0714 e. The van der Waals surface area contributed by atoms with Crippen molar-refractivity contribution in [3.05, 3.63) is 222 Å². The lowest BCUT2D eigenvalue weighted by Crippen LogP contribution is -2.28. The van der Waals surface area contributed by atoms with E-state index in [2.05, 4.69) is 205 Å². The number of fused-ring (bicyclic) bond motifs is 12. The van der Waals surface area contributed by atoms with E-state index in [-0.39, 0.29) is 0 Å². The van der Waals surface area contributed by atoms with Crippen LogP contribution in [0.1, 0.15) is 22.3 Å². The zero-order chi connectivity index (χ0) is 39.4. The molecule has 0 saturated heterocycles. The summed E-state index contributed by atoms with van der Waals surface area (Å²) in [5.74, 6) is 0. The van der Waals surface area contributed by atoms with Gasteiger partial charge in [0.15, 0.2) is 0 Å². The van der Waals surface area contributed by atoms with Crippen LogP contribution in [0, 0.1) is 0 Å². The molecule has 0 bridgehead atoms. The van der Waals surface area contributed by atoms with E-state index in [1.165, 1.54) is 93.3 Å². The van der Waals surface area contributed by atoms with Gasteiger partial charge in [-0.3, -0.25) is 0 Å². The standard InChI is InChI=1S/C55H33NS4/c1-2-12-36(13-3-1)56(38-27-28-41-39-14-5-8-18-46(39)58-52(41)33-38)37-25-22-34(23-26-37)55(35-24-30-48-43(32-35)40-15-6-9-19-47(40)57-48)44-17-7-4-16-42(44)53-45(55)29-31-51-54(53)60-50-21-11-10-20-49(50)59-51/h1-33H. The Morgan fingerprint density at radius 3 is 1.77 bits per heavy atom. The van der Waals surface area contributed by atoms with Crippen LogP contribution in [0.3, 0.4) is 0 Å². The van der Waals surface area contributed by atoms with Crippen LogP contribution in [0.5, 0.6) is 0 Å². The Hall–Kier alpha value is -6.08. The van der Waals surface area contributed by atoms with E-state index in [1.807, 2.05) is 46.2 Å². The SMILES string of the molecule is c1ccc(N(c2ccc(C3(c4ccc5sc6ccccc6c5c4)c4ccccc4-c4c3ccc3c4Sc4ccccc4S3)cc2)c2ccc3c(c2)sc2ccccc23)cc1. The number of benzene rings is 9. The lowest BCUT2D eigenvalue weighted by molar-refractivity contribution is 0.767. The Balaban J connectivity index is 1.04. The Morgan fingerprint density at radius 1 is 0.350 bits per heavy atom. The number of para-hydroxylation sites is 1. The van der Waals surface area contributed by atoms with E-state index >= 15 is 0 Å². The predicted octanol–water partition coefficient (Wildman–Crippen LogP) is 16.9. The van der Waals surface area contributed by atoms with E-state index in [9.17, 15) is 0 Å². The molecule has 2 aromatic heterocycles. The first-order chi connectivity index (χ1) is 29.7. The normalized spacial score (nSPS) is 15.3. The van der Waals surface area contributed by atoms with Gasteiger partial charge in [0.1, 0.15) is 0 Å². The monoisotopic (exact) mass is 835 g/mol. The molecule has 1 aliphatic heterocycles. The molecule has 13 rings (SSSR count). The van der Waals surface area contributed by atoms with E-state index in [0.717, 1.165) is 17.1 Å². The molecule has 0 saturated carbocycles. The fraction of sp³-hybridized carbons (Fsp3) is 0.0182. The average molecular weight is 836 g/mol. The molecule has 0 radical (unpaired) electrons. The van der Waals surface area contributed by atoms with E-state index in [4.69, 9.17) is 0 Å². The molecule has 0 spiro atoms. The van der Waals surface area contributed by atoms with Crippen LogP contribution in [0.4, 0.5) is 17.1 Å². The van der Waals surface area contributed by atoms with Gasteiger partial charge in [0.05, 0.1) is 5.41 Å². The van der Waals surface area contributed by atoms with E-state index < -0.39 is 5.41 Å². The summed E-state index contributed by atoms with van der Waals surface area (Å²) >= 11 is 7.57. The maximum atomic E-state index is 2.50. The molecule has 60 heavy (non-hydrogen) atoms. The van der Waals surface area contributed by atoms with Gasteiger partial charge in [-0.15, -0.1) is 22.7 Å². The highest BCUT2D eigenvalue weighted by molar-refractivity contribution is 8.05. The lowest BCUT2D eigenvalue weighted by Gasteiger charge is -2.35. The van der Waals surface area contributed by atoms with Crippen LogP contribution in [0.25, 0.3) is 51.5 Å².